The van der Waals surface area contributed by atoms with Gasteiger partial charge in [-0.2, -0.15) is 0 Å². The van der Waals surface area contributed by atoms with E-state index in [1.807, 2.05) is 0 Å². The Labute approximate surface area is 111 Å². The van der Waals surface area contributed by atoms with E-state index >= 15 is 0 Å². The van der Waals surface area contributed by atoms with Crippen molar-refractivity contribution in [2.24, 2.45) is 0 Å². The lowest BCUT2D eigenvalue weighted by molar-refractivity contribution is 0.299. The lowest BCUT2D eigenvalue weighted by atomic mass is 10.1. The van der Waals surface area contributed by atoms with Gasteiger partial charge >= 0.3 is 0 Å². The molecule has 1 aromatic rings. The van der Waals surface area contributed by atoms with Crippen molar-refractivity contribution in [2.45, 2.75) is 39.2 Å². The van der Waals surface area contributed by atoms with Crippen molar-refractivity contribution in [3.05, 3.63) is 35.4 Å². The zero-order chi connectivity index (χ0) is 12.8. The van der Waals surface area contributed by atoms with E-state index in [0.29, 0.717) is 6.04 Å². The average Bonchev–Trinajstić information content (AvgIpc) is 2.84. The largest absolute Gasteiger partial charge is 0.313 e. The van der Waals surface area contributed by atoms with Crippen LogP contribution in [0, 0.1) is 6.92 Å². The highest BCUT2D eigenvalue weighted by Crippen LogP contribution is 2.08. The smallest absolute Gasteiger partial charge is 0.0166 e. The summed E-state index contributed by atoms with van der Waals surface area (Å²) in [5.74, 6) is 0. The maximum absolute atomic E-state index is 3.64. The molecular formula is C16H26N2. The molecular weight excluding hydrogens is 220 g/mol. The summed E-state index contributed by atoms with van der Waals surface area (Å²) < 4.78 is 0. The lowest BCUT2D eigenvalue weighted by Gasteiger charge is -2.21. The Kier molecular flexibility index (Phi) is 5.21. The molecule has 1 N–H and O–H groups in total. The van der Waals surface area contributed by atoms with Crippen molar-refractivity contribution >= 4 is 0 Å². The SMILES string of the molecule is Cc1ccccc1CCNC(C)CN1CCCC1. The van der Waals surface area contributed by atoms with Gasteiger partial charge in [-0.15, -0.1) is 0 Å². The van der Waals surface area contributed by atoms with Gasteiger partial charge in [-0.3, -0.25) is 0 Å². The van der Waals surface area contributed by atoms with Crippen LogP contribution >= 0.6 is 0 Å². The van der Waals surface area contributed by atoms with E-state index in [0.717, 1.165) is 13.0 Å². The third-order valence-electron chi connectivity index (χ3n) is 3.88. The molecule has 2 nitrogen and oxygen atoms in total. The van der Waals surface area contributed by atoms with Crippen LogP contribution in [0.5, 0.6) is 0 Å². The number of aryl methyl sites for hydroxylation is 1. The summed E-state index contributed by atoms with van der Waals surface area (Å²) in [5, 5.41) is 3.64. The highest BCUT2D eigenvalue weighted by Gasteiger charge is 2.13. The molecule has 1 atom stereocenters. The summed E-state index contributed by atoms with van der Waals surface area (Å²) in [4.78, 5) is 2.57. The van der Waals surface area contributed by atoms with Crippen LogP contribution in [0.3, 0.4) is 0 Å². The summed E-state index contributed by atoms with van der Waals surface area (Å²) in [6, 6.07) is 9.29. The zero-order valence-corrected chi connectivity index (χ0v) is 11.8. The Morgan fingerprint density at radius 2 is 1.94 bits per heavy atom. The van der Waals surface area contributed by atoms with E-state index in [9.17, 15) is 0 Å². The van der Waals surface area contributed by atoms with Crippen molar-refractivity contribution in [1.82, 2.24) is 10.2 Å². The number of nitrogens with zero attached hydrogens (tertiary/aromatic N) is 1. The topological polar surface area (TPSA) is 15.3 Å². The monoisotopic (exact) mass is 246 g/mol. The van der Waals surface area contributed by atoms with E-state index < -0.39 is 0 Å². The van der Waals surface area contributed by atoms with E-state index in [1.54, 1.807) is 0 Å². The first kappa shape index (κ1) is 13.6. The quantitative estimate of drug-likeness (QED) is 0.830. The molecule has 0 amide bonds. The second kappa shape index (κ2) is 6.91. The van der Waals surface area contributed by atoms with Crippen molar-refractivity contribution in [3.63, 3.8) is 0 Å². The predicted octanol–water partition coefficient (Wildman–Crippen LogP) is 2.61. The van der Waals surface area contributed by atoms with Gasteiger partial charge in [0, 0.05) is 12.6 Å². The van der Waals surface area contributed by atoms with Crippen molar-refractivity contribution in [3.8, 4) is 0 Å². The first-order chi connectivity index (χ1) is 8.75. The molecule has 1 unspecified atom stereocenters. The summed E-state index contributed by atoms with van der Waals surface area (Å²) >= 11 is 0. The molecule has 1 heterocycles. The van der Waals surface area contributed by atoms with Crippen LogP contribution in [-0.4, -0.2) is 37.1 Å². The summed E-state index contributed by atoms with van der Waals surface area (Å²) in [5.41, 5.74) is 2.88. The molecule has 2 heteroatoms. The predicted molar refractivity (Wildman–Crippen MR) is 78.0 cm³/mol. The van der Waals surface area contributed by atoms with E-state index in [4.69, 9.17) is 0 Å². The molecule has 0 saturated carbocycles. The van der Waals surface area contributed by atoms with Crippen molar-refractivity contribution in [2.75, 3.05) is 26.2 Å². The van der Waals surface area contributed by atoms with E-state index in [-0.39, 0.29) is 0 Å². The van der Waals surface area contributed by atoms with Crippen LogP contribution < -0.4 is 5.32 Å². The Bertz CT molecular complexity index is 356. The molecule has 1 saturated heterocycles. The van der Waals surface area contributed by atoms with Crippen LogP contribution in [-0.2, 0) is 6.42 Å². The van der Waals surface area contributed by atoms with Gasteiger partial charge in [-0.25, -0.2) is 0 Å². The molecule has 0 radical (unpaired) electrons. The van der Waals surface area contributed by atoms with Gasteiger partial charge in [0.1, 0.15) is 0 Å². The Morgan fingerprint density at radius 1 is 1.22 bits per heavy atom. The number of likely N-dealkylation sites (tertiary alicyclic amines) is 1. The fourth-order valence-electron chi connectivity index (χ4n) is 2.76. The molecule has 1 fully saturated rings. The molecule has 1 aliphatic rings. The molecule has 100 valence electrons. The zero-order valence-electron chi connectivity index (χ0n) is 11.8. The first-order valence-corrected chi connectivity index (χ1v) is 7.26. The standard InChI is InChI=1S/C16H26N2/c1-14-7-3-4-8-16(14)9-10-17-15(2)13-18-11-5-6-12-18/h3-4,7-8,15,17H,5-6,9-13H2,1-2H3. The highest BCUT2D eigenvalue weighted by atomic mass is 15.2. The second-order valence-corrected chi connectivity index (χ2v) is 5.54. The Morgan fingerprint density at radius 3 is 2.67 bits per heavy atom. The van der Waals surface area contributed by atoms with Crippen LogP contribution in [0.2, 0.25) is 0 Å². The van der Waals surface area contributed by atoms with Crippen LogP contribution in [0.25, 0.3) is 0 Å². The van der Waals surface area contributed by atoms with Crippen LogP contribution in [0.15, 0.2) is 24.3 Å². The minimum atomic E-state index is 0.604. The minimum absolute atomic E-state index is 0.604. The van der Waals surface area contributed by atoms with Gasteiger partial charge in [0.25, 0.3) is 0 Å². The van der Waals surface area contributed by atoms with E-state index in [2.05, 4.69) is 48.3 Å². The van der Waals surface area contributed by atoms with Crippen molar-refractivity contribution in [1.29, 1.82) is 0 Å². The fourth-order valence-corrected chi connectivity index (χ4v) is 2.76. The maximum Gasteiger partial charge on any atom is 0.0166 e. The molecule has 2 rings (SSSR count). The summed E-state index contributed by atoms with van der Waals surface area (Å²) in [6.45, 7) is 9.38. The molecule has 0 aromatic heterocycles. The second-order valence-electron chi connectivity index (χ2n) is 5.54. The molecule has 18 heavy (non-hydrogen) atoms. The number of benzene rings is 1. The van der Waals surface area contributed by atoms with Crippen molar-refractivity contribution < 1.29 is 0 Å². The minimum Gasteiger partial charge on any atom is -0.313 e. The first-order valence-electron chi connectivity index (χ1n) is 7.26. The Hall–Kier alpha value is -0.860. The third-order valence-corrected chi connectivity index (χ3v) is 3.88. The number of rotatable bonds is 6. The van der Waals surface area contributed by atoms with Crippen LogP contribution in [0.1, 0.15) is 30.9 Å². The molecule has 0 bridgehead atoms. The van der Waals surface area contributed by atoms with Crippen LogP contribution in [0.4, 0.5) is 0 Å². The number of nitrogens with one attached hydrogen (secondary N) is 1. The van der Waals surface area contributed by atoms with Gasteiger partial charge < -0.3 is 10.2 Å². The summed E-state index contributed by atoms with van der Waals surface area (Å²) in [6.07, 6.45) is 3.91. The lowest BCUT2D eigenvalue weighted by Crippen LogP contribution is -2.38. The molecule has 0 spiro atoms. The Balaban J connectivity index is 1.67. The highest BCUT2D eigenvalue weighted by molar-refractivity contribution is 5.25. The normalized spacial score (nSPS) is 18.1. The molecule has 1 aromatic carbocycles. The van der Waals surface area contributed by atoms with Gasteiger partial charge in [-0.05, 0) is 63.9 Å². The average molecular weight is 246 g/mol. The maximum atomic E-state index is 3.64. The third kappa shape index (κ3) is 4.11. The fraction of sp³-hybridized carbons (Fsp3) is 0.625. The molecule has 1 aliphatic heterocycles. The molecule has 0 aliphatic carbocycles. The van der Waals surface area contributed by atoms with Gasteiger partial charge in [0.05, 0.1) is 0 Å². The van der Waals surface area contributed by atoms with Gasteiger partial charge in [0.2, 0.25) is 0 Å². The van der Waals surface area contributed by atoms with E-state index in [1.165, 1.54) is 43.6 Å². The number of hydrogen-bond donors (Lipinski definition) is 1. The summed E-state index contributed by atoms with van der Waals surface area (Å²) in [7, 11) is 0. The van der Waals surface area contributed by atoms with Gasteiger partial charge in [0.15, 0.2) is 0 Å². The number of hydrogen-bond acceptors (Lipinski definition) is 2. The van der Waals surface area contributed by atoms with Gasteiger partial charge in [-0.1, -0.05) is 24.3 Å².